The Balaban J connectivity index is 2.52. The standard InChI is InChI=1S/C10H13INO3/c1-12(2,3)7-4-5-9-8(6-7)10(13)15-11(9)14/h4-6,14H,1-3H3/q+1. The molecule has 1 aliphatic heterocycles. The molecule has 0 spiro atoms. The van der Waals surface area contributed by atoms with E-state index in [1.165, 1.54) is 0 Å². The first-order valence-electron chi connectivity index (χ1n) is 4.47. The van der Waals surface area contributed by atoms with Crippen molar-refractivity contribution < 1.29 is 11.3 Å². The van der Waals surface area contributed by atoms with Crippen molar-refractivity contribution in [2.75, 3.05) is 21.1 Å². The van der Waals surface area contributed by atoms with Gasteiger partial charge in [0.1, 0.15) is 0 Å². The van der Waals surface area contributed by atoms with Crippen molar-refractivity contribution in [2.24, 2.45) is 0 Å². The summed E-state index contributed by atoms with van der Waals surface area (Å²) in [5, 5.41) is 0. The molecule has 1 heterocycles. The molecule has 0 amide bonds. The fourth-order valence-corrected chi connectivity index (χ4v) is 3.59. The molecule has 1 N–H and O–H groups in total. The zero-order valence-corrected chi connectivity index (χ0v) is 11.0. The summed E-state index contributed by atoms with van der Waals surface area (Å²) in [6, 6.07) is 5.55. The fourth-order valence-electron chi connectivity index (χ4n) is 1.38. The van der Waals surface area contributed by atoms with Gasteiger partial charge in [0.15, 0.2) is 0 Å². The molecule has 0 saturated carbocycles. The third-order valence-electron chi connectivity index (χ3n) is 2.26. The van der Waals surface area contributed by atoms with Crippen molar-refractivity contribution in [1.82, 2.24) is 4.48 Å². The molecule has 82 valence electrons. The number of nitrogens with zero attached hydrogens (tertiary/aromatic N) is 1. The molecule has 1 aromatic carbocycles. The van der Waals surface area contributed by atoms with Crippen molar-refractivity contribution in [1.29, 1.82) is 0 Å². The number of halogens is 1. The van der Waals surface area contributed by atoms with Crippen LogP contribution in [0.4, 0.5) is 5.69 Å². The number of benzene rings is 1. The van der Waals surface area contributed by atoms with Gasteiger partial charge < -0.3 is 0 Å². The molecule has 0 atom stereocenters. The summed E-state index contributed by atoms with van der Waals surface area (Å²) >= 11 is -2.61. The molecule has 4 nitrogen and oxygen atoms in total. The molecule has 1 aliphatic rings. The Kier molecular flexibility index (Phi) is 2.48. The Morgan fingerprint density at radius 1 is 1.33 bits per heavy atom. The van der Waals surface area contributed by atoms with Crippen LogP contribution in [0.3, 0.4) is 0 Å². The maximum absolute atomic E-state index is 11.4. The van der Waals surface area contributed by atoms with Gasteiger partial charge in [-0.25, -0.2) is 0 Å². The number of hydrogen-bond acceptors (Lipinski definition) is 3. The minimum atomic E-state index is -2.61. The van der Waals surface area contributed by atoms with Gasteiger partial charge in [-0.15, -0.1) is 0 Å². The van der Waals surface area contributed by atoms with E-state index in [9.17, 15) is 8.23 Å². The zero-order chi connectivity index (χ0) is 11.2. The molecule has 0 aromatic heterocycles. The van der Waals surface area contributed by atoms with Crippen LogP contribution in [-0.4, -0.2) is 30.5 Å². The van der Waals surface area contributed by atoms with Crippen molar-refractivity contribution in [3.05, 3.63) is 27.3 Å². The Morgan fingerprint density at radius 2 is 2.00 bits per heavy atom. The van der Waals surface area contributed by atoms with Crippen LogP contribution in [0, 0.1) is 3.57 Å². The van der Waals surface area contributed by atoms with E-state index in [1.807, 2.05) is 39.3 Å². The van der Waals surface area contributed by atoms with Crippen LogP contribution in [0.5, 0.6) is 0 Å². The van der Waals surface area contributed by atoms with Crippen LogP contribution in [0.15, 0.2) is 18.2 Å². The molecular weight excluding hydrogens is 309 g/mol. The normalized spacial score (nSPS) is 17.6. The summed E-state index contributed by atoms with van der Waals surface area (Å²) in [5.41, 5.74) is 1.56. The second-order valence-corrected chi connectivity index (χ2v) is 7.19. The predicted octanol–water partition coefficient (Wildman–Crippen LogP) is 1.55. The molecule has 0 bridgehead atoms. The van der Waals surface area contributed by atoms with E-state index in [1.54, 1.807) is 0 Å². The number of hydrogen-bond donors (Lipinski definition) is 1. The van der Waals surface area contributed by atoms with Gasteiger partial charge in [-0.1, -0.05) is 0 Å². The Hall–Kier alpha value is -0.660. The Labute approximate surface area is 96.5 Å². The van der Waals surface area contributed by atoms with Crippen LogP contribution in [0.2, 0.25) is 0 Å². The quantitative estimate of drug-likeness (QED) is 0.630. The summed E-state index contributed by atoms with van der Waals surface area (Å²) in [6.07, 6.45) is 0. The van der Waals surface area contributed by atoms with Gasteiger partial charge in [0, 0.05) is 0 Å². The molecule has 0 radical (unpaired) electrons. The van der Waals surface area contributed by atoms with Crippen molar-refractivity contribution >= 4 is 32.3 Å². The predicted molar refractivity (Wildman–Crippen MR) is 66.4 cm³/mol. The molecule has 0 fully saturated rings. The molecular formula is C10H13INO3+. The van der Waals surface area contributed by atoms with E-state index in [-0.39, 0.29) is 5.97 Å². The van der Waals surface area contributed by atoms with Crippen molar-refractivity contribution in [3.63, 3.8) is 0 Å². The van der Waals surface area contributed by atoms with Crippen LogP contribution in [-0.2, 0) is 3.07 Å². The van der Waals surface area contributed by atoms with E-state index in [2.05, 4.69) is 0 Å². The topological polar surface area (TPSA) is 46.5 Å². The van der Waals surface area contributed by atoms with Gasteiger partial charge in [0.2, 0.25) is 0 Å². The Morgan fingerprint density at radius 3 is 2.60 bits per heavy atom. The Bertz CT molecular complexity index is 425. The van der Waals surface area contributed by atoms with Crippen LogP contribution in [0.1, 0.15) is 10.4 Å². The van der Waals surface area contributed by atoms with Gasteiger partial charge in [-0.2, -0.15) is 0 Å². The third kappa shape index (κ3) is 1.86. The summed E-state index contributed by atoms with van der Waals surface area (Å²) in [4.78, 5) is 11.4. The number of quaternary nitrogens is 1. The molecule has 0 aliphatic carbocycles. The second kappa shape index (κ2) is 3.43. The van der Waals surface area contributed by atoms with E-state index >= 15 is 0 Å². The van der Waals surface area contributed by atoms with Gasteiger partial charge in [0.05, 0.1) is 0 Å². The molecule has 1 aromatic rings. The zero-order valence-electron chi connectivity index (χ0n) is 8.82. The van der Waals surface area contributed by atoms with E-state index in [4.69, 9.17) is 3.07 Å². The van der Waals surface area contributed by atoms with Crippen molar-refractivity contribution in [2.45, 2.75) is 0 Å². The number of carbonyl (C=O) groups is 1. The average molecular weight is 322 g/mol. The maximum atomic E-state index is 11.4. The molecule has 5 heteroatoms. The van der Waals surface area contributed by atoms with Gasteiger partial charge in [-0.05, 0) is 0 Å². The summed E-state index contributed by atoms with van der Waals surface area (Å²) < 4.78 is 15.8. The average Bonchev–Trinajstić information content (AvgIpc) is 2.41. The van der Waals surface area contributed by atoms with Gasteiger partial charge in [0.25, 0.3) is 0 Å². The summed E-state index contributed by atoms with van der Waals surface area (Å²) in [6.45, 7) is 0. The van der Waals surface area contributed by atoms with Gasteiger partial charge in [-0.3, -0.25) is 0 Å². The summed E-state index contributed by atoms with van der Waals surface area (Å²) in [7, 11) is 6.08. The number of carbonyl (C=O) groups excluding carboxylic acids is 1. The fraction of sp³-hybridized carbons (Fsp3) is 0.300. The molecule has 0 unspecified atom stereocenters. The monoisotopic (exact) mass is 322 g/mol. The number of fused-ring (bicyclic) bond motifs is 1. The van der Waals surface area contributed by atoms with Gasteiger partial charge >= 0.3 is 96.6 Å². The van der Waals surface area contributed by atoms with Crippen LogP contribution in [0.25, 0.3) is 0 Å². The minimum absolute atomic E-state index is 0.381. The molecule has 0 saturated heterocycles. The number of rotatable bonds is 1. The van der Waals surface area contributed by atoms with Crippen molar-refractivity contribution in [3.8, 4) is 0 Å². The first-order valence-corrected chi connectivity index (χ1v) is 7.40. The third-order valence-corrected chi connectivity index (χ3v) is 5.01. The van der Waals surface area contributed by atoms with E-state index in [0.29, 0.717) is 13.6 Å². The van der Waals surface area contributed by atoms with E-state index in [0.717, 1.165) is 5.69 Å². The first kappa shape index (κ1) is 10.8. The van der Waals surface area contributed by atoms with Crippen LogP contribution >= 0.6 is 20.6 Å². The van der Waals surface area contributed by atoms with E-state index < -0.39 is 20.6 Å². The first-order chi connectivity index (χ1) is 6.89. The summed E-state index contributed by atoms with van der Waals surface area (Å²) in [5.74, 6) is -0.381. The molecule has 2 rings (SSSR count). The second-order valence-electron chi connectivity index (χ2n) is 4.27. The SMILES string of the molecule is C[N+](C)(C)c1ccc2c(c1)C(=O)OI2O. The van der Waals surface area contributed by atoms with Crippen LogP contribution < -0.4 is 4.48 Å². The molecule has 15 heavy (non-hydrogen) atoms.